The SMILES string of the molecule is COc1cccc([C@H]2C(C(=O)Nc3cccc(C)n3)=C(C)NC3=C2C(=O)C[C@H](C)C3)c1. The summed E-state index contributed by atoms with van der Waals surface area (Å²) in [5.41, 5.74) is 4.55. The Hall–Kier alpha value is -3.41. The zero-order chi connectivity index (χ0) is 22.1. The van der Waals surface area contributed by atoms with Crippen LogP contribution < -0.4 is 15.4 Å². The number of ether oxygens (including phenoxy) is 1. The van der Waals surface area contributed by atoms with Gasteiger partial charge in [0.05, 0.1) is 7.11 Å². The van der Waals surface area contributed by atoms with Crippen molar-refractivity contribution < 1.29 is 14.3 Å². The van der Waals surface area contributed by atoms with Gasteiger partial charge in [-0.2, -0.15) is 0 Å². The third kappa shape index (κ3) is 4.10. The molecule has 31 heavy (non-hydrogen) atoms. The highest BCUT2D eigenvalue weighted by atomic mass is 16.5. The largest absolute Gasteiger partial charge is 0.497 e. The number of carbonyl (C=O) groups is 2. The lowest BCUT2D eigenvalue weighted by atomic mass is 9.73. The minimum absolute atomic E-state index is 0.0838. The zero-order valence-electron chi connectivity index (χ0n) is 18.3. The molecule has 2 aromatic rings. The Balaban J connectivity index is 1.81. The monoisotopic (exact) mass is 417 g/mol. The molecular formula is C25H27N3O3. The quantitative estimate of drug-likeness (QED) is 0.777. The molecule has 4 rings (SSSR count). The van der Waals surface area contributed by atoms with Crippen LogP contribution in [0.1, 0.15) is 43.9 Å². The van der Waals surface area contributed by atoms with E-state index in [1.807, 2.05) is 50.2 Å². The van der Waals surface area contributed by atoms with Crippen molar-refractivity contribution in [2.75, 3.05) is 12.4 Å². The minimum atomic E-state index is -0.462. The fourth-order valence-corrected chi connectivity index (χ4v) is 4.49. The molecular weight excluding hydrogens is 390 g/mol. The highest BCUT2D eigenvalue weighted by Crippen LogP contribution is 2.44. The van der Waals surface area contributed by atoms with Gasteiger partial charge in [-0.25, -0.2) is 4.98 Å². The lowest BCUT2D eigenvalue weighted by Gasteiger charge is -2.36. The van der Waals surface area contributed by atoms with Crippen LogP contribution in [-0.4, -0.2) is 23.8 Å². The molecule has 0 fully saturated rings. The van der Waals surface area contributed by atoms with Gasteiger partial charge in [-0.05, 0) is 56.0 Å². The number of nitrogens with zero attached hydrogens (tertiary/aromatic N) is 1. The maximum absolute atomic E-state index is 13.5. The third-order valence-corrected chi connectivity index (χ3v) is 5.83. The number of dihydropyridines is 1. The Kier molecular flexibility index (Phi) is 5.63. The molecule has 0 radical (unpaired) electrons. The second-order valence-electron chi connectivity index (χ2n) is 8.32. The van der Waals surface area contributed by atoms with Crippen LogP contribution in [-0.2, 0) is 9.59 Å². The fourth-order valence-electron chi connectivity index (χ4n) is 4.49. The van der Waals surface area contributed by atoms with Crippen molar-refractivity contribution >= 4 is 17.5 Å². The molecule has 0 bridgehead atoms. The molecule has 1 aliphatic carbocycles. The van der Waals surface area contributed by atoms with E-state index in [1.54, 1.807) is 13.2 Å². The van der Waals surface area contributed by atoms with E-state index in [1.165, 1.54) is 0 Å². The van der Waals surface area contributed by atoms with Crippen LogP contribution in [0.5, 0.6) is 5.75 Å². The number of aryl methyl sites for hydroxylation is 1. The van der Waals surface area contributed by atoms with Crippen molar-refractivity contribution in [1.82, 2.24) is 10.3 Å². The van der Waals surface area contributed by atoms with Crippen molar-refractivity contribution in [2.24, 2.45) is 5.92 Å². The van der Waals surface area contributed by atoms with Gasteiger partial charge in [0, 0.05) is 40.6 Å². The van der Waals surface area contributed by atoms with Crippen LogP contribution in [0.4, 0.5) is 5.82 Å². The van der Waals surface area contributed by atoms with Crippen LogP contribution >= 0.6 is 0 Å². The predicted molar refractivity (Wildman–Crippen MR) is 120 cm³/mol. The van der Waals surface area contributed by atoms with Crippen molar-refractivity contribution in [3.05, 3.63) is 76.3 Å². The number of Topliss-reactive ketones (excluding diaryl/α,β-unsaturated/α-hetero) is 1. The van der Waals surface area contributed by atoms with E-state index in [0.29, 0.717) is 29.1 Å². The number of ketones is 1. The summed E-state index contributed by atoms with van der Waals surface area (Å²) in [5, 5.41) is 6.28. The first-order valence-corrected chi connectivity index (χ1v) is 10.5. The molecule has 6 heteroatoms. The normalized spacial score (nSPS) is 20.8. The first-order chi connectivity index (χ1) is 14.9. The van der Waals surface area contributed by atoms with E-state index in [9.17, 15) is 9.59 Å². The molecule has 0 saturated carbocycles. The van der Waals surface area contributed by atoms with Crippen LogP contribution in [0.15, 0.2) is 65.0 Å². The average molecular weight is 418 g/mol. The molecule has 1 amide bonds. The van der Waals surface area contributed by atoms with Gasteiger partial charge < -0.3 is 15.4 Å². The van der Waals surface area contributed by atoms with E-state index >= 15 is 0 Å². The second kappa shape index (κ2) is 8.38. The molecule has 160 valence electrons. The van der Waals surface area contributed by atoms with Gasteiger partial charge in [-0.3, -0.25) is 9.59 Å². The number of amides is 1. The Morgan fingerprint density at radius 3 is 2.68 bits per heavy atom. The van der Waals surface area contributed by atoms with E-state index in [-0.39, 0.29) is 17.6 Å². The van der Waals surface area contributed by atoms with Gasteiger partial charge in [-0.15, -0.1) is 0 Å². The standard InChI is InChI=1S/C25H27N3O3/c1-14-11-19-24(20(29)12-14)23(17-8-6-9-18(13-17)31-4)22(16(3)27-19)25(30)28-21-10-5-7-15(2)26-21/h5-10,13-14,23,27H,11-12H2,1-4H3,(H,26,28,30)/t14-,23+/m1/s1. The maximum atomic E-state index is 13.5. The predicted octanol–water partition coefficient (Wildman–Crippen LogP) is 4.25. The highest BCUT2D eigenvalue weighted by molar-refractivity contribution is 6.09. The Labute approximate surface area is 182 Å². The molecule has 2 aliphatic rings. The number of allylic oxidation sites excluding steroid dienone is 3. The number of nitrogens with one attached hydrogen (secondary N) is 2. The summed E-state index contributed by atoms with van der Waals surface area (Å²) in [6, 6.07) is 13.1. The number of hydrogen-bond acceptors (Lipinski definition) is 5. The Morgan fingerprint density at radius 1 is 1.16 bits per heavy atom. The van der Waals surface area contributed by atoms with Gasteiger partial charge in [0.1, 0.15) is 11.6 Å². The van der Waals surface area contributed by atoms with Crippen LogP contribution in [0.3, 0.4) is 0 Å². The van der Waals surface area contributed by atoms with E-state index in [0.717, 1.165) is 29.1 Å². The molecule has 0 saturated heterocycles. The molecule has 1 aromatic carbocycles. The summed E-state index contributed by atoms with van der Waals surface area (Å²) < 4.78 is 5.41. The Morgan fingerprint density at radius 2 is 1.94 bits per heavy atom. The lowest BCUT2D eigenvalue weighted by Crippen LogP contribution is -2.37. The molecule has 2 N–H and O–H groups in total. The van der Waals surface area contributed by atoms with E-state index in [4.69, 9.17) is 4.74 Å². The summed E-state index contributed by atoms with van der Waals surface area (Å²) in [7, 11) is 1.61. The fraction of sp³-hybridized carbons (Fsp3) is 0.320. The summed E-state index contributed by atoms with van der Waals surface area (Å²) in [5.74, 6) is 0.792. The summed E-state index contributed by atoms with van der Waals surface area (Å²) >= 11 is 0. The molecule has 0 spiro atoms. The van der Waals surface area contributed by atoms with Crippen LogP contribution in [0, 0.1) is 12.8 Å². The number of rotatable bonds is 4. The van der Waals surface area contributed by atoms with Crippen LogP contribution in [0.25, 0.3) is 0 Å². The molecule has 2 atom stereocenters. The van der Waals surface area contributed by atoms with Gasteiger partial charge >= 0.3 is 0 Å². The first-order valence-electron chi connectivity index (χ1n) is 10.5. The van der Waals surface area contributed by atoms with Gasteiger partial charge in [0.25, 0.3) is 5.91 Å². The second-order valence-corrected chi connectivity index (χ2v) is 8.32. The molecule has 1 aliphatic heterocycles. The molecule has 1 aromatic heterocycles. The van der Waals surface area contributed by atoms with Gasteiger partial charge in [0.2, 0.25) is 0 Å². The van der Waals surface area contributed by atoms with E-state index < -0.39 is 5.92 Å². The number of aromatic nitrogens is 1. The highest BCUT2D eigenvalue weighted by Gasteiger charge is 2.40. The summed E-state index contributed by atoms with van der Waals surface area (Å²) in [4.78, 5) is 31.0. The number of hydrogen-bond donors (Lipinski definition) is 2. The number of methoxy groups -OCH3 is 1. The van der Waals surface area contributed by atoms with E-state index in [2.05, 4.69) is 22.5 Å². The number of anilines is 1. The number of benzene rings is 1. The lowest BCUT2D eigenvalue weighted by molar-refractivity contribution is -0.117. The van der Waals surface area contributed by atoms with Crippen molar-refractivity contribution in [1.29, 1.82) is 0 Å². The minimum Gasteiger partial charge on any atom is -0.497 e. The molecule has 2 heterocycles. The number of pyridine rings is 1. The maximum Gasteiger partial charge on any atom is 0.255 e. The summed E-state index contributed by atoms with van der Waals surface area (Å²) in [6.45, 7) is 5.84. The number of carbonyl (C=O) groups excluding carboxylic acids is 2. The smallest absolute Gasteiger partial charge is 0.255 e. The topological polar surface area (TPSA) is 80.3 Å². The molecule has 0 unspecified atom stereocenters. The van der Waals surface area contributed by atoms with Crippen LogP contribution in [0.2, 0.25) is 0 Å². The van der Waals surface area contributed by atoms with Gasteiger partial charge in [-0.1, -0.05) is 25.1 Å². The third-order valence-electron chi connectivity index (χ3n) is 5.83. The van der Waals surface area contributed by atoms with Gasteiger partial charge in [0.15, 0.2) is 5.78 Å². The first kappa shape index (κ1) is 20.8. The zero-order valence-corrected chi connectivity index (χ0v) is 18.3. The Bertz CT molecular complexity index is 1120. The molecule has 6 nitrogen and oxygen atoms in total. The summed E-state index contributed by atoms with van der Waals surface area (Å²) in [6.07, 6.45) is 1.27. The average Bonchev–Trinajstić information content (AvgIpc) is 2.72. The van der Waals surface area contributed by atoms with Crippen molar-refractivity contribution in [3.8, 4) is 5.75 Å². The van der Waals surface area contributed by atoms with Crippen molar-refractivity contribution in [2.45, 2.75) is 39.5 Å². The van der Waals surface area contributed by atoms with Crippen molar-refractivity contribution in [3.63, 3.8) is 0 Å².